The number of nitrogens with zero attached hydrogens (tertiary/aromatic N) is 2. The number of likely N-dealkylation sites (tertiary alicyclic amines) is 1. The fourth-order valence-electron chi connectivity index (χ4n) is 2.49. The SMILES string of the molecule is CN1CC[C@H](N(Cc2ccc(F)cc2)C(=O)Cl)[C@H](F)C1. The van der Waals surface area contributed by atoms with Crippen LogP contribution in [0.3, 0.4) is 0 Å². The summed E-state index contributed by atoms with van der Waals surface area (Å²) in [6.45, 7) is 1.20. The third-order valence-electron chi connectivity index (χ3n) is 3.60. The lowest BCUT2D eigenvalue weighted by Crippen LogP contribution is -2.52. The highest BCUT2D eigenvalue weighted by molar-refractivity contribution is 6.62. The van der Waals surface area contributed by atoms with Crippen molar-refractivity contribution in [2.24, 2.45) is 0 Å². The van der Waals surface area contributed by atoms with E-state index in [0.29, 0.717) is 6.42 Å². The number of carbonyl (C=O) groups excluding carboxylic acids is 1. The van der Waals surface area contributed by atoms with Gasteiger partial charge in [0.25, 0.3) is 0 Å². The first-order chi connectivity index (χ1) is 9.47. The molecule has 1 saturated heterocycles. The number of rotatable bonds is 3. The molecule has 20 heavy (non-hydrogen) atoms. The van der Waals surface area contributed by atoms with Crippen LogP contribution >= 0.6 is 11.6 Å². The zero-order valence-electron chi connectivity index (χ0n) is 11.2. The number of halogens is 3. The summed E-state index contributed by atoms with van der Waals surface area (Å²) in [6, 6.07) is 5.25. The molecular formula is C14H17ClF2N2O. The van der Waals surface area contributed by atoms with Gasteiger partial charge in [-0.25, -0.2) is 8.78 Å². The molecule has 0 aromatic heterocycles. The van der Waals surface area contributed by atoms with Gasteiger partial charge in [-0.3, -0.25) is 4.79 Å². The molecule has 0 radical (unpaired) electrons. The molecule has 2 atom stereocenters. The molecule has 110 valence electrons. The van der Waals surface area contributed by atoms with Crippen LogP contribution in [0, 0.1) is 5.82 Å². The Kier molecular flexibility index (Phi) is 4.94. The van der Waals surface area contributed by atoms with Crippen molar-refractivity contribution in [3.8, 4) is 0 Å². The lowest BCUT2D eigenvalue weighted by Gasteiger charge is -2.38. The van der Waals surface area contributed by atoms with E-state index in [1.165, 1.54) is 17.0 Å². The van der Waals surface area contributed by atoms with E-state index in [0.717, 1.165) is 12.1 Å². The summed E-state index contributed by atoms with van der Waals surface area (Å²) in [4.78, 5) is 14.8. The summed E-state index contributed by atoms with van der Waals surface area (Å²) in [7, 11) is 1.84. The first kappa shape index (κ1) is 15.2. The molecule has 2 rings (SSSR count). The van der Waals surface area contributed by atoms with Gasteiger partial charge in [-0.1, -0.05) is 12.1 Å². The molecule has 1 fully saturated rings. The Morgan fingerprint density at radius 1 is 1.45 bits per heavy atom. The summed E-state index contributed by atoms with van der Waals surface area (Å²) in [5, 5.41) is -0.675. The van der Waals surface area contributed by atoms with Crippen LogP contribution in [-0.2, 0) is 6.54 Å². The summed E-state index contributed by atoms with van der Waals surface area (Å²) in [5.41, 5.74) is 0.728. The summed E-state index contributed by atoms with van der Waals surface area (Å²) in [5.74, 6) is -0.347. The molecule has 1 heterocycles. The van der Waals surface area contributed by atoms with Gasteiger partial charge in [-0.2, -0.15) is 0 Å². The molecular weight excluding hydrogens is 286 g/mol. The van der Waals surface area contributed by atoms with Crippen molar-refractivity contribution in [2.75, 3.05) is 20.1 Å². The fourth-order valence-corrected chi connectivity index (χ4v) is 2.68. The molecule has 1 aliphatic rings. The first-order valence-electron chi connectivity index (χ1n) is 6.50. The normalized spacial score (nSPS) is 23.6. The lowest BCUT2D eigenvalue weighted by molar-refractivity contribution is 0.0642. The van der Waals surface area contributed by atoms with E-state index in [1.54, 1.807) is 12.1 Å². The first-order valence-corrected chi connectivity index (χ1v) is 6.88. The van der Waals surface area contributed by atoms with E-state index in [2.05, 4.69) is 0 Å². The summed E-state index contributed by atoms with van der Waals surface area (Å²) in [6.07, 6.45) is -0.589. The number of alkyl halides is 1. The average molecular weight is 303 g/mol. The topological polar surface area (TPSA) is 23.6 Å². The second-order valence-corrected chi connectivity index (χ2v) is 5.46. The lowest BCUT2D eigenvalue weighted by atomic mass is 10.0. The summed E-state index contributed by atoms with van der Waals surface area (Å²) >= 11 is 5.59. The van der Waals surface area contributed by atoms with Crippen LogP contribution < -0.4 is 0 Å². The number of hydrogen-bond donors (Lipinski definition) is 0. The molecule has 3 nitrogen and oxygen atoms in total. The third kappa shape index (κ3) is 3.67. The van der Waals surface area contributed by atoms with Crippen LogP contribution in [0.25, 0.3) is 0 Å². The molecule has 1 aromatic rings. The van der Waals surface area contributed by atoms with Gasteiger partial charge in [0.05, 0.1) is 6.04 Å². The maximum Gasteiger partial charge on any atom is 0.317 e. The molecule has 0 bridgehead atoms. The zero-order chi connectivity index (χ0) is 14.7. The second kappa shape index (κ2) is 6.50. The van der Waals surface area contributed by atoms with Gasteiger partial charge < -0.3 is 9.80 Å². The van der Waals surface area contributed by atoms with Gasteiger partial charge in [0.15, 0.2) is 0 Å². The Bertz CT molecular complexity index is 469. The van der Waals surface area contributed by atoms with Crippen LogP contribution in [0.4, 0.5) is 13.6 Å². The highest BCUT2D eigenvalue weighted by atomic mass is 35.5. The highest BCUT2D eigenvalue weighted by Crippen LogP contribution is 2.22. The van der Waals surface area contributed by atoms with Crippen molar-refractivity contribution in [1.82, 2.24) is 9.80 Å². The van der Waals surface area contributed by atoms with E-state index in [4.69, 9.17) is 11.6 Å². The Hall–Kier alpha value is -1.20. The highest BCUT2D eigenvalue weighted by Gasteiger charge is 2.34. The molecule has 1 amide bonds. The fraction of sp³-hybridized carbons (Fsp3) is 0.500. The van der Waals surface area contributed by atoms with Crippen LogP contribution in [0.1, 0.15) is 12.0 Å². The van der Waals surface area contributed by atoms with E-state index >= 15 is 0 Å². The monoisotopic (exact) mass is 302 g/mol. The molecule has 1 aliphatic heterocycles. The minimum atomic E-state index is -1.13. The quantitative estimate of drug-likeness (QED) is 0.633. The maximum atomic E-state index is 14.1. The maximum absolute atomic E-state index is 14.1. The Morgan fingerprint density at radius 2 is 2.10 bits per heavy atom. The number of carbonyl (C=O) groups is 1. The third-order valence-corrected chi connectivity index (χ3v) is 3.82. The van der Waals surface area contributed by atoms with Crippen molar-refractivity contribution in [1.29, 1.82) is 0 Å². The Morgan fingerprint density at radius 3 is 2.65 bits per heavy atom. The van der Waals surface area contributed by atoms with E-state index < -0.39 is 17.6 Å². The number of hydrogen-bond acceptors (Lipinski definition) is 2. The number of benzene rings is 1. The molecule has 0 N–H and O–H groups in total. The molecule has 0 aliphatic carbocycles. The van der Waals surface area contributed by atoms with Crippen LogP contribution in [0.15, 0.2) is 24.3 Å². The molecule has 1 aromatic carbocycles. The standard InChI is InChI=1S/C14H17ClF2N2O/c1-18-7-6-13(12(17)9-18)19(14(15)20)8-10-2-4-11(16)5-3-10/h2-5,12-13H,6-9H2,1H3/t12-,13+/m1/s1. The predicted octanol–water partition coefficient (Wildman–Crippen LogP) is 3.03. The van der Waals surface area contributed by atoms with Gasteiger partial charge in [-0.15, -0.1) is 0 Å². The molecule has 0 saturated carbocycles. The van der Waals surface area contributed by atoms with Crippen LogP contribution in [0.2, 0.25) is 0 Å². The number of amides is 1. The largest absolute Gasteiger partial charge is 0.319 e. The Labute approximate surface area is 122 Å². The minimum absolute atomic E-state index is 0.192. The summed E-state index contributed by atoms with van der Waals surface area (Å²) < 4.78 is 27.0. The van der Waals surface area contributed by atoms with E-state index in [1.807, 2.05) is 11.9 Å². The van der Waals surface area contributed by atoms with Gasteiger partial charge in [0.1, 0.15) is 12.0 Å². The minimum Gasteiger partial charge on any atom is -0.319 e. The van der Waals surface area contributed by atoms with Crippen molar-refractivity contribution in [2.45, 2.75) is 25.2 Å². The smallest absolute Gasteiger partial charge is 0.317 e. The van der Waals surface area contributed by atoms with Gasteiger partial charge in [-0.05, 0) is 42.8 Å². The number of piperidine rings is 1. The zero-order valence-corrected chi connectivity index (χ0v) is 12.0. The van der Waals surface area contributed by atoms with Crippen molar-refractivity contribution in [3.05, 3.63) is 35.6 Å². The van der Waals surface area contributed by atoms with Crippen molar-refractivity contribution < 1.29 is 13.6 Å². The van der Waals surface area contributed by atoms with E-state index in [-0.39, 0.29) is 18.9 Å². The predicted molar refractivity (Wildman–Crippen MR) is 74.0 cm³/mol. The van der Waals surface area contributed by atoms with Gasteiger partial charge >= 0.3 is 5.37 Å². The van der Waals surface area contributed by atoms with Crippen LogP contribution in [-0.4, -0.2) is 47.5 Å². The van der Waals surface area contributed by atoms with Crippen LogP contribution in [0.5, 0.6) is 0 Å². The average Bonchev–Trinajstić information content (AvgIpc) is 2.39. The second-order valence-electron chi connectivity index (χ2n) is 5.14. The van der Waals surface area contributed by atoms with Crippen molar-refractivity contribution >= 4 is 17.0 Å². The van der Waals surface area contributed by atoms with Gasteiger partial charge in [0, 0.05) is 19.6 Å². The Balaban J connectivity index is 2.11. The molecule has 0 unspecified atom stereocenters. The molecule has 6 heteroatoms. The van der Waals surface area contributed by atoms with E-state index in [9.17, 15) is 13.6 Å². The van der Waals surface area contributed by atoms with Crippen molar-refractivity contribution in [3.63, 3.8) is 0 Å². The molecule has 0 spiro atoms. The van der Waals surface area contributed by atoms with Gasteiger partial charge in [0.2, 0.25) is 0 Å².